The lowest BCUT2D eigenvalue weighted by molar-refractivity contribution is 0.669. The van der Waals surface area contributed by atoms with Gasteiger partial charge in [-0.05, 0) is 107 Å². The normalized spacial score (nSPS) is 11.3. The summed E-state index contributed by atoms with van der Waals surface area (Å²) in [6, 6.07) is 62.6. The van der Waals surface area contributed by atoms with Crippen LogP contribution in [0.3, 0.4) is 0 Å². The van der Waals surface area contributed by atoms with Crippen LogP contribution in [0.15, 0.2) is 199 Å². The van der Waals surface area contributed by atoms with Crippen LogP contribution in [0.4, 0.5) is 0 Å². The first kappa shape index (κ1) is 32.2. The van der Waals surface area contributed by atoms with E-state index in [2.05, 4.69) is 109 Å². The molecule has 258 valence electrons. The summed E-state index contributed by atoms with van der Waals surface area (Å²) in [5.41, 5.74) is 14.4. The Kier molecular flexibility index (Phi) is 8.08. The lowest BCUT2D eigenvalue weighted by Crippen LogP contribution is -1.97. The van der Waals surface area contributed by atoms with Crippen LogP contribution in [-0.4, -0.2) is 19.9 Å². The molecule has 0 N–H and O–H groups in total. The Balaban J connectivity index is 1.19. The molecule has 0 saturated carbocycles. The largest absolute Gasteiger partial charge is 0.456 e. The Morgan fingerprint density at radius 1 is 0.291 bits per heavy atom. The number of furan rings is 1. The molecule has 5 nitrogen and oxygen atoms in total. The van der Waals surface area contributed by atoms with E-state index in [1.54, 1.807) is 0 Å². The molecule has 0 saturated heterocycles. The van der Waals surface area contributed by atoms with E-state index < -0.39 is 0 Å². The van der Waals surface area contributed by atoms with Crippen molar-refractivity contribution in [3.63, 3.8) is 0 Å². The van der Waals surface area contributed by atoms with Gasteiger partial charge in [-0.1, -0.05) is 97.1 Å². The maximum absolute atomic E-state index is 6.19. The Labute approximate surface area is 318 Å². The van der Waals surface area contributed by atoms with Gasteiger partial charge in [0.15, 0.2) is 5.82 Å². The molecule has 6 aromatic carbocycles. The molecule has 0 spiro atoms. The summed E-state index contributed by atoms with van der Waals surface area (Å²) in [5.74, 6) is 0.647. The van der Waals surface area contributed by atoms with Gasteiger partial charge in [-0.15, -0.1) is 0 Å². The molecule has 0 aliphatic heterocycles. The monoisotopic (exact) mass is 704 g/mol. The van der Waals surface area contributed by atoms with Gasteiger partial charge < -0.3 is 4.42 Å². The average molecular weight is 705 g/mol. The van der Waals surface area contributed by atoms with E-state index in [9.17, 15) is 0 Å². The summed E-state index contributed by atoms with van der Waals surface area (Å²) in [7, 11) is 0. The lowest BCUT2D eigenvalue weighted by Gasteiger charge is -2.14. The van der Waals surface area contributed by atoms with Crippen molar-refractivity contribution >= 4 is 21.9 Å². The Hall–Kier alpha value is -7.50. The van der Waals surface area contributed by atoms with Gasteiger partial charge in [-0.25, -0.2) is 9.97 Å². The summed E-state index contributed by atoms with van der Waals surface area (Å²) >= 11 is 0. The highest BCUT2D eigenvalue weighted by molar-refractivity contribution is 6.06. The molecule has 10 aromatic rings. The van der Waals surface area contributed by atoms with E-state index in [0.717, 1.165) is 94.8 Å². The highest BCUT2D eigenvalue weighted by Gasteiger charge is 2.17. The third kappa shape index (κ3) is 6.34. The number of fused-ring (bicyclic) bond motifs is 3. The summed E-state index contributed by atoms with van der Waals surface area (Å²) in [5, 5.41) is 2.19. The molecule has 4 aromatic heterocycles. The van der Waals surface area contributed by atoms with Gasteiger partial charge in [0.05, 0.1) is 22.8 Å². The first-order chi connectivity index (χ1) is 27.2. The van der Waals surface area contributed by atoms with E-state index in [0.29, 0.717) is 5.82 Å². The van der Waals surface area contributed by atoms with E-state index >= 15 is 0 Å². The van der Waals surface area contributed by atoms with Crippen LogP contribution in [0.5, 0.6) is 0 Å². The SMILES string of the molecule is c1ccc(-c2cc(-c3ccc4oc5ccccc5c4c3)cc(-c3cc(-c4cc(-c5ccccn5)cc(-c5ccccn5)c4)nc(-c4ccccc4)n3)c2)cc1. The van der Waals surface area contributed by atoms with E-state index in [1.807, 2.05) is 85.2 Å². The Morgan fingerprint density at radius 2 is 0.782 bits per heavy atom. The van der Waals surface area contributed by atoms with Gasteiger partial charge in [0.1, 0.15) is 11.2 Å². The molecule has 4 heterocycles. The number of nitrogens with zero attached hydrogens (tertiary/aromatic N) is 4. The molecular formula is C50H32N4O. The van der Waals surface area contributed by atoms with Crippen LogP contribution in [0.1, 0.15) is 0 Å². The standard InChI is InChI=1S/C50H32N4O/c1-3-13-33(14-4-1)36-25-37(35-21-22-49-43(31-35)42-17-7-8-20-48(42)55-49)27-40(26-36)46-32-47(54-50(53-46)34-15-5-2-6-16-34)41-29-38(44-18-9-11-23-51-44)28-39(30-41)45-19-10-12-24-52-45/h1-32H. The lowest BCUT2D eigenvalue weighted by atomic mass is 9.93. The summed E-state index contributed by atoms with van der Waals surface area (Å²) < 4.78 is 6.19. The zero-order valence-electron chi connectivity index (χ0n) is 29.7. The fraction of sp³-hybridized carbons (Fsp3) is 0. The molecular weight excluding hydrogens is 673 g/mol. The topological polar surface area (TPSA) is 64.7 Å². The Morgan fingerprint density at radius 3 is 1.40 bits per heavy atom. The van der Waals surface area contributed by atoms with Crippen molar-refractivity contribution in [3.05, 3.63) is 194 Å². The van der Waals surface area contributed by atoms with Crippen molar-refractivity contribution in [1.82, 2.24) is 19.9 Å². The van der Waals surface area contributed by atoms with Gasteiger partial charge in [0, 0.05) is 51.0 Å². The number of hydrogen-bond acceptors (Lipinski definition) is 5. The molecule has 0 amide bonds. The number of benzene rings is 6. The molecule has 0 aliphatic carbocycles. The minimum Gasteiger partial charge on any atom is -0.456 e. The van der Waals surface area contributed by atoms with Crippen LogP contribution in [0.25, 0.3) is 101 Å². The number of rotatable bonds is 7. The highest BCUT2D eigenvalue weighted by atomic mass is 16.3. The Bertz CT molecular complexity index is 2900. The molecule has 0 aliphatic rings. The predicted molar refractivity (Wildman–Crippen MR) is 223 cm³/mol. The summed E-state index contributed by atoms with van der Waals surface area (Å²) in [4.78, 5) is 19.9. The molecule has 0 bridgehead atoms. The minimum atomic E-state index is 0.647. The first-order valence-corrected chi connectivity index (χ1v) is 18.3. The smallest absolute Gasteiger partial charge is 0.160 e. The van der Waals surface area contributed by atoms with Crippen molar-refractivity contribution in [2.45, 2.75) is 0 Å². The van der Waals surface area contributed by atoms with Gasteiger partial charge >= 0.3 is 0 Å². The summed E-state index contributed by atoms with van der Waals surface area (Å²) in [6.45, 7) is 0. The second kappa shape index (κ2) is 13.8. The molecule has 10 rings (SSSR count). The van der Waals surface area contributed by atoms with Crippen LogP contribution in [0, 0.1) is 0 Å². The van der Waals surface area contributed by atoms with Crippen molar-refractivity contribution in [3.8, 4) is 78.7 Å². The quantitative estimate of drug-likeness (QED) is 0.165. The molecule has 0 unspecified atom stereocenters. The molecule has 5 heteroatoms. The third-order valence-electron chi connectivity index (χ3n) is 9.95. The third-order valence-corrected chi connectivity index (χ3v) is 9.95. The maximum atomic E-state index is 6.19. The molecule has 55 heavy (non-hydrogen) atoms. The first-order valence-electron chi connectivity index (χ1n) is 18.3. The van der Waals surface area contributed by atoms with E-state index in [-0.39, 0.29) is 0 Å². The van der Waals surface area contributed by atoms with Crippen molar-refractivity contribution in [1.29, 1.82) is 0 Å². The second-order valence-corrected chi connectivity index (χ2v) is 13.5. The zero-order valence-corrected chi connectivity index (χ0v) is 29.7. The van der Waals surface area contributed by atoms with Crippen LogP contribution in [0.2, 0.25) is 0 Å². The zero-order chi connectivity index (χ0) is 36.6. The second-order valence-electron chi connectivity index (χ2n) is 13.5. The molecule has 0 fully saturated rings. The van der Waals surface area contributed by atoms with Crippen LogP contribution < -0.4 is 0 Å². The van der Waals surface area contributed by atoms with Gasteiger partial charge in [0.25, 0.3) is 0 Å². The van der Waals surface area contributed by atoms with Crippen LogP contribution >= 0.6 is 0 Å². The number of hydrogen-bond donors (Lipinski definition) is 0. The molecule has 0 atom stereocenters. The molecule has 0 radical (unpaired) electrons. The van der Waals surface area contributed by atoms with Gasteiger partial charge in [-0.2, -0.15) is 0 Å². The van der Waals surface area contributed by atoms with Crippen molar-refractivity contribution in [2.24, 2.45) is 0 Å². The van der Waals surface area contributed by atoms with E-state index in [4.69, 9.17) is 24.4 Å². The van der Waals surface area contributed by atoms with Gasteiger partial charge in [-0.3, -0.25) is 9.97 Å². The minimum absolute atomic E-state index is 0.647. The number of aromatic nitrogens is 4. The van der Waals surface area contributed by atoms with Crippen molar-refractivity contribution < 1.29 is 4.42 Å². The van der Waals surface area contributed by atoms with Crippen molar-refractivity contribution in [2.75, 3.05) is 0 Å². The average Bonchev–Trinajstić information content (AvgIpc) is 3.65. The van der Waals surface area contributed by atoms with E-state index in [1.165, 1.54) is 0 Å². The van der Waals surface area contributed by atoms with Gasteiger partial charge in [0.2, 0.25) is 0 Å². The maximum Gasteiger partial charge on any atom is 0.160 e. The van der Waals surface area contributed by atoms with Crippen LogP contribution in [-0.2, 0) is 0 Å². The fourth-order valence-electron chi connectivity index (χ4n) is 7.24. The number of pyridine rings is 2. The fourth-order valence-corrected chi connectivity index (χ4v) is 7.24. The number of para-hydroxylation sites is 1. The highest BCUT2D eigenvalue weighted by Crippen LogP contribution is 2.38. The summed E-state index contributed by atoms with van der Waals surface area (Å²) in [6.07, 6.45) is 3.64. The predicted octanol–water partition coefficient (Wildman–Crippen LogP) is 12.8.